The predicted octanol–water partition coefficient (Wildman–Crippen LogP) is 2.83. The highest BCUT2D eigenvalue weighted by Crippen LogP contribution is 2.34. The Morgan fingerprint density at radius 2 is 2.31 bits per heavy atom. The quantitative estimate of drug-likeness (QED) is 0.904. The highest BCUT2D eigenvalue weighted by atomic mass is 79.9. The van der Waals surface area contributed by atoms with Crippen molar-refractivity contribution in [2.24, 2.45) is 5.92 Å². The summed E-state index contributed by atoms with van der Waals surface area (Å²) in [4.78, 5) is 10.9. The van der Waals surface area contributed by atoms with Gasteiger partial charge in [0.25, 0.3) is 0 Å². The van der Waals surface area contributed by atoms with Crippen molar-refractivity contribution in [1.29, 1.82) is 0 Å². The molecule has 1 N–H and O–H groups in total. The summed E-state index contributed by atoms with van der Waals surface area (Å²) in [6.07, 6.45) is 1.30. The van der Waals surface area contributed by atoms with Gasteiger partial charge < -0.3 is 9.84 Å². The third kappa shape index (κ3) is 3.06. The maximum atomic E-state index is 10.9. The van der Waals surface area contributed by atoms with Gasteiger partial charge in [-0.2, -0.15) is 0 Å². The van der Waals surface area contributed by atoms with Gasteiger partial charge in [0.1, 0.15) is 0 Å². The van der Waals surface area contributed by atoms with E-state index in [1.807, 2.05) is 24.3 Å². The molecule has 0 radical (unpaired) electrons. The molecule has 0 bridgehead atoms. The first-order chi connectivity index (χ1) is 7.66. The van der Waals surface area contributed by atoms with E-state index in [0.29, 0.717) is 6.61 Å². The number of hydrogen-bond donors (Lipinski definition) is 1. The average molecular weight is 285 g/mol. The standard InChI is InChI=1S/C12H13BrO3/c13-10-3-1-2-8(6-10)7-16-11(12(14)15)9-4-5-9/h1-3,6,9,11H,4-5,7H2,(H,14,15). The van der Waals surface area contributed by atoms with Crippen LogP contribution in [0.5, 0.6) is 0 Å². The van der Waals surface area contributed by atoms with E-state index in [0.717, 1.165) is 22.9 Å². The monoisotopic (exact) mass is 284 g/mol. The molecular formula is C12H13BrO3. The molecule has 2 rings (SSSR count). The van der Waals surface area contributed by atoms with Gasteiger partial charge in [-0.05, 0) is 36.5 Å². The van der Waals surface area contributed by atoms with E-state index in [-0.39, 0.29) is 5.92 Å². The Balaban J connectivity index is 1.92. The Labute approximate surface area is 103 Å². The van der Waals surface area contributed by atoms with E-state index < -0.39 is 12.1 Å². The number of hydrogen-bond acceptors (Lipinski definition) is 2. The van der Waals surface area contributed by atoms with E-state index >= 15 is 0 Å². The fourth-order valence-electron chi connectivity index (χ4n) is 1.62. The van der Waals surface area contributed by atoms with Crippen LogP contribution in [0.3, 0.4) is 0 Å². The summed E-state index contributed by atoms with van der Waals surface area (Å²) in [5, 5.41) is 8.98. The van der Waals surface area contributed by atoms with Crippen LogP contribution in [0, 0.1) is 5.92 Å². The van der Waals surface area contributed by atoms with Gasteiger partial charge in [0, 0.05) is 4.47 Å². The Kier molecular flexibility index (Phi) is 3.61. The summed E-state index contributed by atoms with van der Waals surface area (Å²) < 4.78 is 6.43. The molecule has 1 aromatic rings. The second kappa shape index (κ2) is 4.97. The van der Waals surface area contributed by atoms with Crippen molar-refractivity contribution in [1.82, 2.24) is 0 Å². The molecule has 1 unspecified atom stereocenters. The maximum Gasteiger partial charge on any atom is 0.333 e. The molecule has 4 heteroatoms. The van der Waals surface area contributed by atoms with Crippen molar-refractivity contribution >= 4 is 21.9 Å². The molecule has 0 heterocycles. The van der Waals surface area contributed by atoms with Gasteiger partial charge in [-0.3, -0.25) is 0 Å². The Morgan fingerprint density at radius 1 is 1.56 bits per heavy atom. The van der Waals surface area contributed by atoms with Crippen LogP contribution in [0.4, 0.5) is 0 Å². The molecule has 1 fully saturated rings. The number of aliphatic carboxylic acids is 1. The van der Waals surface area contributed by atoms with Gasteiger partial charge in [0.05, 0.1) is 6.61 Å². The van der Waals surface area contributed by atoms with Gasteiger partial charge in [-0.1, -0.05) is 28.1 Å². The molecule has 0 aromatic heterocycles. The first-order valence-corrected chi connectivity index (χ1v) is 6.05. The highest BCUT2D eigenvalue weighted by Gasteiger charge is 2.37. The van der Waals surface area contributed by atoms with Gasteiger partial charge in [0.2, 0.25) is 0 Å². The number of carboxylic acid groups (broad SMARTS) is 1. The van der Waals surface area contributed by atoms with Gasteiger partial charge >= 0.3 is 5.97 Å². The van der Waals surface area contributed by atoms with Crippen LogP contribution < -0.4 is 0 Å². The van der Waals surface area contributed by atoms with E-state index in [1.54, 1.807) is 0 Å². The van der Waals surface area contributed by atoms with Crippen molar-refractivity contribution in [3.8, 4) is 0 Å². The van der Waals surface area contributed by atoms with E-state index in [4.69, 9.17) is 9.84 Å². The minimum atomic E-state index is -0.850. The minimum absolute atomic E-state index is 0.213. The first kappa shape index (κ1) is 11.6. The van der Waals surface area contributed by atoms with Crippen molar-refractivity contribution in [2.75, 3.05) is 0 Å². The third-order valence-electron chi connectivity index (χ3n) is 2.61. The van der Waals surface area contributed by atoms with Crippen LogP contribution in [0.1, 0.15) is 18.4 Å². The van der Waals surface area contributed by atoms with Crippen molar-refractivity contribution < 1.29 is 14.6 Å². The molecular weight excluding hydrogens is 272 g/mol. The van der Waals surface area contributed by atoms with Gasteiger partial charge in [-0.15, -0.1) is 0 Å². The molecule has 0 aliphatic heterocycles. The zero-order valence-electron chi connectivity index (χ0n) is 8.73. The molecule has 1 aliphatic rings. The summed E-state index contributed by atoms with van der Waals surface area (Å²) >= 11 is 3.37. The van der Waals surface area contributed by atoms with Crippen LogP contribution in [0.15, 0.2) is 28.7 Å². The molecule has 86 valence electrons. The van der Waals surface area contributed by atoms with Crippen LogP contribution in [0.2, 0.25) is 0 Å². The fourth-order valence-corrected chi connectivity index (χ4v) is 2.07. The van der Waals surface area contributed by atoms with E-state index in [2.05, 4.69) is 15.9 Å². The van der Waals surface area contributed by atoms with Crippen LogP contribution in [-0.2, 0) is 16.1 Å². The van der Waals surface area contributed by atoms with Gasteiger partial charge in [-0.25, -0.2) is 4.79 Å². The summed E-state index contributed by atoms with van der Waals surface area (Å²) in [6.45, 7) is 0.354. The molecule has 16 heavy (non-hydrogen) atoms. The average Bonchev–Trinajstić information content (AvgIpc) is 3.02. The lowest BCUT2D eigenvalue weighted by atomic mass is 10.2. The number of ether oxygens (including phenoxy) is 1. The second-order valence-electron chi connectivity index (χ2n) is 4.04. The predicted molar refractivity (Wildman–Crippen MR) is 63.1 cm³/mol. The molecule has 0 amide bonds. The van der Waals surface area contributed by atoms with Crippen LogP contribution in [-0.4, -0.2) is 17.2 Å². The number of carboxylic acids is 1. The maximum absolute atomic E-state index is 10.9. The zero-order valence-corrected chi connectivity index (χ0v) is 10.3. The Hall–Kier alpha value is -0.870. The molecule has 3 nitrogen and oxygen atoms in total. The van der Waals surface area contributed by atoms with E-state index in [9.17, 15) is 4.79 Å². The largest absolute Gasteiger partial charge is 0.479 e. The highest BCUT2D eigenvalue weighted by molar-refractivity contribution is 9.10. The van der Waals surface area contributed by atoms with Crippen molar-refractivity contribution in [3.63, 3.8) is 0 Å². The summed E-state index contributed by atoms with van der Waals surface area (Å²) in [5.74, 6) is -0.637. The topological polar surface area (TPSA) is 46.5 Å². The first-order valence-electron chi connectivity index (χ1n) is 5.25. The minimum Gasteiger partial charge on any atom is -0.479 e. The van der Waals surface area contributed by atoms with Gasteiger partial charge in [0.15, 0.2) is 6.10 Å². The number of rotatable bonds is 5. The fraction of sp³-hybridized carbons (Fsp3) is 0.417. The van der Waals surface area contributed by atoms with Crippen LogP contribution in [0.25, 0.3) is 0 Å². The SMILES string of the molecule is O=C(O)C(OCc1cccc(Br)c1)C1CC1. The number of halogens is 1. The smallest absolute Gasteiger partial charge is 0.333 e. The molecule has 0 spiro atoms. The lowest BCUT2D eigenvalue weighted by molar-refractivity contribution is -0.152. The Morgan fingerprint density at radius 3 is 2.88 bits per heavy atom. The summed E-state index contributed by atoms with van der Waals surface area (Å²) in [6, 6.07) is 7.71. The number of carbonyl (C=O) groups is 1. The van der Waals surface area contributed by atoms with Crippen molar-refractivity contribution in [3.05, 3.63) is 34.3 Å². The third-order valence-corrected chi connectivity index (χ3v) is 3.11. The van der Waals surface area contributed by atoms with Crippen molar-refractivity contribution in [2.45, 2.75) is 25.6 Å². The normalized spacial score (nSPS) is 17.1. The lowest BCUT2D eigenvalue weighted by Gasteiger charge is -2.12. The summed E-state index contributed by atoms with van der Waals surface area (Å²) in [5.41, 5.74) is 0.987. The molecule has 1 saturated carbocycles. The van der Waals surface area contributed by atoms with Crippen LogP contribution >= 0.6 is 15.9 Å². The Bertz CT molecular complexity index is 388. The second-order valence-corrected chi connectivity index (χ2v) is 4.95. The molecule has 0 saturated heterocycles. The summed E-state index contributed by atoms with van der Waals surface area (Å²) in [7, 11) is 0. The number of benzene rings is 1. The molecule has 1 aromatic carbocycles. The molecule has 1 atom stereocenters. The molecule has 1 aliphatic carbocycles. The lowest BCUT2D eigenvalue weighted by Crippen LogP contribution is -2.25. The zero-order chi connectivity index (χ0) is 11.5. The van der Waals surface area contributed by atoms with E-state index in [1.165, 1.54) is 0 Å².